The summed E-state index contributed by atoms with van der Waals surface area (Å²) in [5.74, 6) is 0. The number of rotatable bonds is 3. The van der Waals surface area contributed by atoms with Crippen LogP contribution in [0.5, 0.6) is 0 Å². The monoisotopic (exact) mass is 273 g/mol. The van der Waals surface area contributed by atoms with Crippen LogP contribution in [0.25, 0.3) is 0 Å². The van der Waals surface area contributed by atoms with Crippen LogP contribution >= 0.6 is 0 Å². The van der Waals surface area contributed by atoms with Gasteiger partial charge in [-0.1, -0.05) is 12.1 Å². The summed E-state index contributed by atoms with van der Waals surface area (Å²) in [5, 5.41) is 9.00. The Morgan fingerprint density at radius 2 is 1.67 bits per heavy atom. The molecule has 0 unspecified atom stereocenters. The summed E-state index contributed by atoms with van der Waals surface area (Å²) in [7, 11) is -1.92. The highest BCUT2D eigenvalue weighted by Gasteiger charge is 2.30. The molecule has 2 nitrogen and oxygen atoms in total. The average Bonchev–Trinajstić information content (AvgIpc) is 2.24. The number of halogens is 3. The van der Waals surface area contributed by atoms with Gasteiger partial charge in [0.2, 0.25) is 0 Å². The van der Waals surface area contributed by atoms with Crippen LogP contribution in [-0.4, -0.2) is 8.32 Å². The Morgan fingerprint density at radius 3 is 2.00 bits per heavy atom. The second kappa shape index (κ2) is 5.12. The molecule has 1 aromatic carbocycles. The lowest BCUT2D eigenvalue weighted by atomic mass is 10.1. The summed E-state index contributed by atoms with van der Waals surface area (Å²) in [6.45, 7) is 5.75. The molecule has 0 amide bonds. The highest BCUT2D eigenvalue weighted by atomic mass is 28.4. The third-order valence-electron chi connectivity index (χ3n) is 2.13. The molecule has 0 saturated heterocycles. The van der Waals surface area contributed by atoms with Crippen molar-refractivity contribution in [3.63, 3.8) is 0 Å². The van der Waals surface area contributed by atoms with Crippen LogP contribution in [0.15, 0.2) is 24.3 Å². The maximum absolute atomic E-state index is 12.4. The van der Waals surface area contributed by atoms with E-state index in [9.17, 15) is 13.2 Å². The van der Waals surface area contributed by atoms with Gasteiger partial charge in [0.1, 0.15) is 0 Å². The minimum absolute atomic E-state index is 0.452. The summed E-state index contributed by atoms with van der Waals surface area (Å²) in [6, 6.07) is 6.47. The van der Waals surface area contributed by atoms with Crippen LogP contribution in [-0.2, 0) is 10.6 Å². The molecule has 0 radical (unpaired) electrons. The van der Waals surface area contributed by atoms with Crippen LogP contribution in [0, 0.1) is 11.3 Å². The van der Waals surface area contributed by atoms with Gasteiger partial charge in [0.15, 0.2) is 14.4 Å². The van der Waals surface area contributed by atoms with Crippen LogP contribution in [0.2, 0.25) is 19.6 Å². The van der Waals surface area contributed by atoms with Gasteiger partial charge >= 0.3 is 6.18 Å². The lowest BCUT2D eigenvalue weighted by molar-refractivity contribution is -0.137. The van der Waals surface area contributed by atoms with Crippen LogP contribution in [0.3, 0.4) is 0 Å². The van der Waals surface area contributed by atoms with Gasteiger partial charge in [-0.3, -0.25) is 0 Å². The van der Waals surface area contributed by atoms with Crippen molar-refractivity contribution in [2.45, 2.75) is 31.9 Å². The summed E-state index contributed by atoms with van der Waals surface area (Å²) in [4.78, 5) is 0. The van der Waals surface area contributed by atoms with Crippen LogP contribution in [0.1, 0.15) is 17.2 Å². The minimum atomic E-state index is -4.36. The van der Waals surface area contributed by atoms with Gasteiger partial charge in [-0.15, -0.1) is 0 Å². The summed E-state index contributed by atoms with van der Waals surface area (Å²) < 4.78 is 42.7. The molecule has 0 aromatic heterocycles. The van der Waals surface area contributed by atoms with E-state index >= 15 is 0 Å². The molecule has 0 heterocycles. The second-order valence-electron chi connectivity index (χ2n) is 4.86. The van der Waals surface area contributed by atoms with Crippen molar-refractivity contribution in [2.24, 2.45) is 0 Å². The number of nitriles is 1. The number of hydrogen-bond acceptors (Lipinski definition) is 2. The average molecular weight is 273 g/mol. The topological polar surface area (TPSA) is 33.0 Å². The number of hydrogen-bond donors (Lipinski definition) is 0. The highest BCUT2D eigenvalue weighted by molar-refractivity contribution is 6.69. The first-order chi connectivity index (χ1) is 8.13. The maximum atomic E-state index is 12.4. The standard InChI is InChI=1S/C12H14F3NOSi/c1-18(2,3)17-11(8-16)9-4-6-10(7-5-9)12(13,14)15/h4-7,11H,1-3H3/t11-/m0/s1. The zero-order valence-electron chi connectivity index (χ0n) is 10.4. The van der Waals surface area contributed by atoms with E-state index in [-0.39, 0.29) is 0 Å². The van der Waals surface area contributed by atoms with E-state index in [1.165, 1.54) is 12.1 Å². The van der Waals surface area contributed by atoms with Crippen LogP contribution < -0.4 is 0 Å². The molecule has 0 aliphatic carbocycles. The Balaban J connectivity index is 2.94. The summed E-state index contributed by atoms with van der Waals surface area (Å²) in [5.41, 5.74) is -0.274. The van der Waals surface area contributed by atoms with E-state index in [1.54, 1.807) is 0 Å². The molecular weight excluding hydrogens is 259 g/mol. The Morgan fingerprint density at radius 1 is 1.17 bits per heavy atom. The number of nitrogens with zero attached hydrogens (tertiary/aromatic N) is 1. The van der Waals surface area contributed by atoms with Crippen molar-refractivity contribution in [3.8, 4) is 6.07 Å². The first-order valence-corrected chi connectivity index (χ1v) is 8.79. The molecule has 0 fully saturated rings. The van der Waals surface area contributed by atoms with Gasteiger partial charge in [-0.25, -0.2) is 0 Å². The summed E-state index contributed by atoms with van der Waals surface area (Å²) in [6.07, 6.45) is -5.17. The van der Waals surface area contributed by atoms with E-state index in [2.05, 4.69) is 0 Å². The van der Waals surface area contributed by atoms with Gasteiger partial charge in [0.05, 0.1) is 11.6 Å². The van der Waals surface area contributed by atoms with E-state index in [0.717, 1.165) is 12.1 Å². The van der Waals surface area contributed by atoms with E-state index in [0.29, 0.717) is 5.56 Å². The lowest BCUT2D eigenvalue weighted by Crippen LogP contribution is -2.27. The first kappa shape index (κ1) is 14.7. The van der Waals surface area contributed by atoms with Crippen molar-refractivity contribution >= 4 is 8.32 Å². The molecule has 0 aliphatic heterocycles. The second-order valence-corrected chi connectivity index (χ2v) is 9.32. The lowest BCUT2D eigenvalue weighted by Gasteiger charge is -2.22. The predicted octanol–water partition coefficient (Wildman–Crippen LogP) is 4.12. The first-order valence-electron chi connectivity index (χ1n) is 5.38. The molecule has 1 aromatic rings. The Hall–Kier alpha value is -1.32. The van der Waals surface area contributed by atoms with Crippen molar-refractivity contribution in [2.75, 3.05) is 0 Å². The molecule has 0 N–H and O–H groups in total. The van der Waals surface area contributed by atoms with Crippen LogP contribution in [0.4, 0.5) is 13.2 Å². The molecule has 0 bridgehead atoms. The fraction of sp³-hybridized carbons (Fsp3) is 0.417. The van der Waals surface area contributed by atoms with Gasteiger partial charge in [-0.05, 0) is 37.3 Å². The molecule has 98 valence electrons. The molecule has 1 atom stereocenters. The van der Waals surface area contributed by atoms with Crippen molar-refractivity contribution < 1.29 is 17.6 Å². The third-order valence-corrected chi connectivity index (χ3v) is 3.07. The maximum Gasteiger partial charge on any atom is 0.416 e. The Kier molecular flexibility index (Phi) is 4.19. The van der Waals surface area contributed by atoms with Gasteiger partial charge in [0.25, 0.3) is 0 Å². The molecule has 18 heavy (non-hydrogen) atoms. The third kappa shape index (κ3) is 4.16. The van der Waals surface area contributed by atoms with Gasteiger partial charge < -0.3 is 4.43 Å². The summed E-state index contributed by atoms with van der Waals surface area (Å²) >= 11 is 0. The Labute approximate surface area is 105 Å². The molecule has 0 spiro atoms. The normalized spacial score (nSPS) is 14.1. The fourth-order valence-corrected chi connectivity index (χ4v) is 2.27. The predicted molar refractivity (Wildman–Crippen MR) is 64.2 cm³/mol. The quantitative estimate of drug-likeness (QED) is 0.776. The van der Waals surface area contributed by atoms with Crippen molar-refractivity contribution in [3.05, 3.63) is 35.4 Å². The van der Waals surface area contributed by atoms with E-state index in [1.807, 2.05) is 25.7 Å². The molecule has 0 saturated carbocycles. The molecule has 1 rings (SSSR count). The highest BCUT2D eigenvalue weighted by Crippen LogP contribution is 2.30. The molecule has 0 aliphatic rings. The fourth-order valence-electron chi connectivity index (χ4n) is 1.37. The number of benzene rings is 1. The van der Waals surface area contributed by atoms with Crippen molar-refractivity contribution in [1.29, 1.82) is 5.26 Å². The smallest absolute Gasteiger partial charge is 0.399 e. The zero-order valence-corrected chi connectivity index (χ0v) is 11.4. The van der Waals surface area contributed by atoms with Gasteiger partial charge in [-0.2, -0.15) is 18.4 Å². The Bertz CT molecular complexity index is 442. The largest absolute Gasteiger partial charge is 0.416 e. The van der Waals surface area contributed by atoms with E-state index in [4.69, 9.17) is 9.69 Å². The zero-order chi connectivity index (χ0) is 14.0. The molecule has 6 heteroatoms. The molecular formula is C12H14F3NOSi. The van der Waals surface area contributed by atoms with E-state index < -0.39 is 26.2 Å². The SMILES string of the molecule is C[Si](C)(C)O[C@@H](C#N)c1ccc(C(F)(F)F)cc1. The number of alkyl halides is 3. The van der Waals surface area contributed by atoms with Gasteiger partial charge in [0, 0.05) is 0 Å². The van der Waals surface area contributed by atoms with Crippen molar-refractivity contribution in [1.82, 2.24) is 0 Å². The minimum Gasteiger partial charge on any atom is -0.399 e.